The fourth-order valence-electron chi connectivity index (χ4n) is 2.39. The fourth-order valence-corrected chi connectivity index (χ4v) is 2.39. The minimum atomic E-state index is -1.07. The van der Waals surface area contributed by atoms with E-state index in [9.17, 15) is 18.4 Å². The molecule has 130 valence electrons. The highest BCUT2D eigenvalue weighted by Gasteiger charge is 2.35. The van der Waals surface area contributed by atoms with Crippen molar-refractivity contribution in [1.29, 1.82) is 0 Å². The Bertz CT molecular complexity index is 821. The van der Waals surface area contributed by atoms with Crippen molar-refractivity contribution in [1.82, 2.24) is 0 Å². The zero-order chi connectivity index (χ0) is 18.0. The molecule has 1 heterocycles. The van der Waals surface area contributed by atoms with Crippen LogP contribution in [0.25, 0.3) is 0 Å². The highest BCUT2D eigenvalue weighted by atomic mass is 19.1. The summed E-state index contributed by atoms with van der Waals surface area (Å²) in [7, 11) is 0. The van der Waals surface area contributed by atoms with E-state index in [0.29, 0.717) is 11.5 Å². The Kier molecular flexibility index (Phi) is 4.65. The van der Waals surface area contributed by atoms with Gasteiger partial charge >= 0.3 is 5.97 Å². The first-order chi connectivity index (χ1) is 12.0. The second-order valence-corrected chi connectivity index (χ2v) is 5.46. The molecule has 0 aromatic heterocycles. The lowest BCUT2D eigenvalue weighted by molar-refractivity contribution is -0.156. The number of fused-ring (bicyclic) bond motifs is 1. The first kappa shape index (κ1) is 16.9. The molecule has 5 nitrogen and oxygen atoms in total. The summed E-state index contributed by atoms with van der Waals surface area (Å²) in [6.07, 6.45) is -1.71. The van der Waals surface area contributed by atoms with Crippen LogP contribution in [0.15, 0.2) is 42.5 Å². The van der Waals surface area contributed by atoms with Gasteiger partial charge in [-0.3, -0.25) is 4.79 Å². The van der Waals surface area contributed by atoms with Gasteiger partial charge in [0.25, 0.3) is 0 Å². The van der Waals surface area contributed by atoms with Crippen molar-refractivity contribution in [3.05, 3.63) is 59.7 Å². The van der Waals surface area contributed by atoms with E-state index in [1.807, 2.05) is 0 Å². The average molecular weight is 348 g/mol. The lowest BCUT2D eigenvalue weighted by atomic mass is 10.1. The van der Waals surface area contributed by atoms with Crippen LogP contribution in [0.1, 0.15) is 17.3 Å². The number of Topliss-reactive ketones (excluding diaryl/α,β-unsaturated/α-hetero) is 1. The maximum atomic E-state index is 13.6. The maximum absolute atomic E-state index is 13.6. The third kappa shape index (κ3) is 3.60. The van der Waals surface area contributed by atoms with E-state index in [0.717, 1.165) is 18.2 Å². The van der Waals surface area contributed by atoms with Crippen molar-refractivity contribution in [2.24, 2.45) is 0 Å². The van der Waals surface area contributed by atoms with Crippen molar-refractivity contribution >= 4 is 11.8 Å². The number of rotatable bonds is 4. The molecule has 2 atom stereocenters. The second-order valence-electron chi connectivity index (χ2n) is 5.46. The Morgan fingerprint density at radius 1 is 1.08 bits per heavy atom. The van der Waals surface area contributed by atoms with Gasteiger partial charge in [-0.1, -0.05) is 12.1 Å². The fraction of sp³-hybridized carbons (Fsp3) is 0.222. The van der Waals surface area contributed by atoms with Gasteiger partial charge in [0.2, 0.25) is 11.9 Å². The molecule has 0 amide bonds. The Morgan fingerprint density at radius 3 is 2.48 bits per heavy atom. The Morgan fingerprint density at radius 2 is 1.76 bits per heavy atom. The second kappa shape index (κ2) is 6.88. The molecule has 1 aliphatic heterocycles. The number of carbonyl (C=O) groups excluding carboxylic acids is 2. The van der Waals surface area contributed by atoms with Crippen molar-refractivity contribution in [2.45, 2.75) is 19.1 Å². The van der Waals surface area contributed by atoms with Crippen LogP contribution in [0.4, 0.5) is 8.78 Å². The lowest BCUT2D eigenvalue weighted by Gasteiger charge is -2.30. The van der Waals surface area contributed by atoms with Crippen LogP contribution in [0.5, 0.6) is 11.5 Å². The van der Waals surface area contributed by atoms with Crippen molar-refractivity contribution in [3.8, 4) is 11.5 Å². The number of hydrogen-bond donors (Lipinski definition) is 0. The minimum Gasteiger partial charge on any atom is -0.482 e. The van der Waals surface area contributed by atoms with Gasteiger partial charge in [-0.25, -0.2) is 13.6 Å². The zero-order valence-electron chi connectivity index (χ0n) is 13.2. The molecule has 0 spiro atoms. The third-order valence-corrected chi connectivity index (χ3v) is 3.65. The third-order valence-electron chi connectivity index (χ3n) is 3.65. The van der Waals surface area contributed by atoms with Gasteiger partial charge in [0.05, 0.1) is 5.56 Å². The molecule has 7 heteroatoms. The number of benzene rings is 2. The molecule has 0 aliphatic carbocycles. The predicted octanol–water partition coefficient (Wildman–Crippen LogP) is 2.92. The summed E-state index contributed by atoms with van der Waals surface area (Å²) in [5.74, 6) is -2.45. The van der Waals surface area contributed by atoms with E-state index < -0.39 is 47.8 Å². The van der Waals surface area contributed by atoms with Crippen molar-refractivity contribution in [2.75, 3.05) is 6.61 Å². The standard InChI is InChI=1S/C18H14F2O5/c1-10-17(25-16-5-3-2-4-15(16)24-10)18(22)23-9-14(21)12-8-11(19)6-7-13(12)20/h2-8,10,17H,9H2,1H3. The number of ether oxygens (including phenoxy) is 3. The largest absolute Gasteiger partial charge is 0.482 e. The highest BCUT2D eigenvalue weighted by molar-refractivity contribution is 5.98. The smallest absolute Gasteiger partial charge is 0.351 e. The summed E-state index contributed by atoms with van der Waals surface area (Å²) in [6.45, 7) is 0.892. The summed E-state index contributed by atoms with van der Waals surface area (Å²) in [6, 6.07) is 9.30. The molecule has 3 rings (SSSR count). The van der Waals surface area contributed by atoms with Crippen LogP contribution in [-0.2, 0) is 9.53 Å². The number of esters is 1. The summed E-state index contributed by atoms with van der Waals surface area (Å²) >= 11 is 0. The minimum absolute atomic E-state index is 0.380. The van der Waals surface area contributed by atoms with Gasteiger partial charge in [0, 0.05) is 0 Å². The monoisotopic (exact) mass is 348 g/mol. The number of para-hydroxylation sites is 2. The lowest BCUT2D eigenvalue weighted by Crippen LogP contribution is -2.44. The van der Waals surface area contributed by atoms with Crippen LogP contribution in [0.3, 0.4) is 0 Å². The highest BCUT2D eigenvalue weighted by Crippen LogP contribution is 2.33. The van der Waals surface area contributed by atoms with Crippen LogP contribution in [-0.4, -0.2) is 30.6 Å². The normalized spacial score (nSPS) is 18.5. The summed E-state index contributed by atoms with van der Waals surface area (Å²) in [5, 5.41) is 0. The number of ketones is 1. The van der Waals surface area contributed by atoms with Gasteiger partial charge < -0.3 is 14.2 Å². The van der Waals surface area contributed by atoms with Crippen molar-refractivity contribution in [3.63, 3.8) is 0 Å². The van der Waals surface area contributed by atoms with Gasteiger partial charge in [0.15, 0.2) is 18.1 Å². The average Bonchev–Trinajstić information content (AvgIpc) is 2.60. The summed E-state index contributed by atoms with van der Waals surface area (Å²) in [4.78, 5) is 24.1. The van der Waals surface area contributed by atoms with Crippen LogP contribution < -0.4 is 9.47 Å². The molecule has 0 bridgehead atoms. The molecule has 2 aromatic rings. The van der Waals surface area contributed by atoms with E-state index in [2.05, 4.69) is 0 Å². The van der Waals surface area contributed by atoms with Gasteiger partial charge in [0.1, 0.15) is 17.7 Å². The Labute approximate surface area is 142 Å². The molecule has 0 N–H and O–H groups in total. The van der Waals surface area contributed by atoms with Gasteiger partial charge in [-0.2, -0.15) is 0 Å². The molecule has 0 saturated heterocycles. The maximum Gasteiger partial charge on any atom is 0.351 e. The summed E-state index contributed by atoms with van der Waals surface area (Å²) < 4.78 is 42.7. The molecule has 0 saturated carbocycles. The van der Waals surface area contributed by atoms with E-state index in [1.165, 1.54) is 0 Å². The van der Waals surface area contributed by atoms with Gasteiger partial charge in [-0.15, -0.1) is 0 Å². The van der Waals surface area contributed by atoms with Crippen LogP contribution in [0, 0.1) is 11.6 Å². The molecule has 1 aliphatic rings. The molecule has 25 heavy (non-hydrogen) atoms. The van der Waals surface area contributed by atoms with E-state index in [-0.39, 0.29) is 0 Å². The van der Waals surface area contributed by atoms with Crippen molar-refractivity contribution < 1.29 is 32.6 Å². The number of hydrogen-bond acceptors (Lipinski definition) is 5. The molecular weight excluding hydrogens is 334 g/mol. The van der Waals surface area contributed by atoms with E-state index in [1.54, 1.807) is 31.2 Å². The first-order valence-corrected chi connectivity index (χ1v) is 7.53. The van der Waals surface area contributed by atoms with Crippen LogP contribution in [0.2, 0.25) is 0 Å². The number of carbonyl (C=O) groups is 2. The molecule has 2 aromatic carbocycles. The zero-order valence-corrected chi connectivity index (χ0v) is 13.2. The Hall–Kier alpha value is -2.96. The summed E-state index contributed by atoms with van der Waals surface area (Å²) in [5.41, 5.74) is -0.480. The van der Waals surface area contributed by atoms with Gasteiger partial charge in [-0.05, 0) is 37.3 Å². The molecule has 0 radical (unpaired) electrons. The predicted molar refractivity (Wildman–Crippen MR) is 82.6 cm³/mol. The molecular formula is C18H14F2O5. The SMILES string of the molecule is CC1Oc2ccccc2OC1C(=O)OCC(=O)c1cc(F)ccc1F. The quantitative estimate of drug-likeness (QED) is 0.628. The Balaban J connectivity index is 1.65. The topological polar surface area (TPSA) is 61.8 Å². The number of halogens is 2. The molecule has 0 fully saturated rings. The first-order valence-electron chi connectivity index (χ1n) is 7.53. The van der Waals surface area contributed by atoms with E-state index >= 15 is 0 Å². The van der Waals surface area contributed by atoms with E-state index in [4.69, 9.17) is 14.2 Å². The van der Waals surface area contributed by atoms with Crippen LogP contribution >= 0.6 is 0 Å². The molecule has 2 unspecified atom stereocenters.